The van der Waals surface area contributed by atoms with Gasteiger partial charge in [-0.05, 0) is 284 Å². The number of carbonyl (C=O) groups excluding carboxylic acids is 8. The normalized spacial score (nSPS) is 21.8. The van der Waals surface area contributed by atoms with Crippen molar-refractivity contribution in [2.75, 3.05) is 13.2 Å². The Bertz CT molecular complexity index is 3570. The molecule has 0 unspecified atom stereocenters. The first-order valence-electron chi connectivity index (χ1n) is 36.3. The van der Waals surface area contributed by atoms with Crippen LogP contribution in [0.25, 0.3) is 22.3 Å². The maximum absolute atomic E-state index is 14.5. The van der Waals surface area contributed by atoms with Crippen molar-refractivity contribution in [3.8, 4) is 22.3 Å². The molecule has 1 saturated carbocycles. The van der Waals surface area contributed by atoms with E-state index in [1.165, 1.54) is 49.2 Å². The summed E-state index contributed by atoms with van der Waals surface area (Å²) in [6.07, 6.45) is 8.63. The minimum atomic E-state index is -0.859. The maximum atomic E-state index is 14.5. The van der Waals surface area contributed by atoms with Gasteiger partial charge >= 0.3 is 53.4 Å². The third-order valence-electron chi connectivity index (χ3n) is 19.5. The zero-order chi connectivity index (χ0) is 77.9. The molecule has 5 N–H and O–H groups in total. The van der Waals surface area contributed by atoms with Crippen molar-refractivity contribution in [3.63, 3.8) is 0 Å². The third kappa shape index (κ3) is 26.5. The number of carbonyl (C=O) groups is 8. The molecule has 0 spiro atoms. The molecule has 0 atom stereocenters. The number of hydrogen-bond donors (Lipinski definition) is 5. The molecular formula is C82H113Cl4N4NaO14. The molecule has 23 heteroatoms. The summed E-state index contributed by atoms with van der Waals surface area (Å²) in [6.45, 7) is 44.4. The first kappa shape index (κ1) is 89.3. The molecule has 0 amide bonds. The number of esters is 4. The van der Waals surface area contributed by atoms with Crippen LogP contribution in [0.5, 0.6) is 0 Å². The SMILES string of the molecule is C1CCOC1.CC1(C)CC(O)CC(C)(C)N1.CC1(C)CC(OC(=O)c2cc(-c3ccc(C(=O)OC4CC(C)(C)NC(C)(C)C4)c(C(=O)OC4CC(C)(C)NC(C)(C)C4)c3)ccc2C(=O)OC2CC(C)(C)NC(C)(C)C2)CC(C)(C)C1.O=C(Cl)c1ccc(-c2ccc(C(=O)Cl)c(C(=O)Cl)c2)cc1C(=O)Cl.[H-].[Na+]. The van der Waals surface area contributed by atoms with E-state index in [2.05, 4.69) is 160 Å². The van der Waals surface area contributed by atoms with Gasteiger partial charge < -0.3 is 51.5 Å². The molecule has 6 fully saturated rings. The van der Waals surface area contributed by atoms with Gasteiger partial charge in [0, 0.05) is 118 Å². The van der Waals surface area contributed by atoms with E-state index >= 15 is 0 Å². The molecule has 5 saturated heterocycles. The zero-order valence-corrected chi connectivity index (χ0v) is 70.7. The Morgan fingerprint density at radius 1 is 0.343 bits per heavy atom. The van der Waals surface area contributed by atoms with Crippen molar-refractivity contribution in [3.05, 3.63) is 117 Å². The van der Waals surface area contributed by atoms with E-state index in [9.17, 15) is 43.5 Å². The number of aliphatic hydroxyl groups excluding tert-OH is 1. The molecule has 0 bridgehead atoms. The summed E-state index contributed by atoms with van der Waals surface area (Å²) >= 11 is 21.8. The van der Waals surface area contributed by atoms with Crippen LogP contribution in [0.3, 0.4) is 0 Å². The summed E-state index contributed by atoms with van der Waals surface area (Å²) in [6, 6.07) is 18.4. The van der Waals surface area contributed by atoms with E-state index in [-0.39, 0.29) is 155 Å². The third-order valence-corrected chi connectivity index (χ3v) is 20.4. The molecule has 18 nitrogen and oxygen atoms in total. The van der Waals surface area contributed by atoms with Gasteiger partial charge in [0.15, 0.2) is 0 Å². The van der Waals surface area contributed by atoms with Gasteiger partial charge in [-0.25, -0.2) is 19.2 Å². The number of aliphatic hydroxyl groups is 1. The Hall–Kier alpha value is -4.64. The molecule has 105 heavy (non-hydrogen) atoms. The maximum Gasteiger partial charge on any atom is 1.00 e. The molecule has 4 aromatic rings. The van der Waals surface area contributed by atoms with Crippen LogP contribution in [-0.2, 0) is 23.7 Å². The fraction of sp³-hybridized carbons (Fsp3) is 0.610. The minimum Gasteiger partial charge on any atom is -1.00 e. The van der Waals surface area contributed by atoms with Crippen molar-refractivity contribution in [2.24, 2.45) is 10.8 Å². The van der Waals surface area contributed by atoms with Gasteiger partial charge in [-0.2, -0.15) is 0 Å². The van der Waals surface area contributed by atoms with Gasteiger partial charge in [0.25, 0.3) is 21.0 Å². The van der Waals surface area contributed by atoms with Crippen LogP contribution in [0.4, 0.5) is 0 Å². The van der Waals surface area contributed by atoms with Crippen LogP contribution in [0, 0.1) is 10.8 Å². The summed E-state index contributed by atoms with van der Waals surface area (Å²) < 4.78 is 30.0. The summed E-state index contributed by atoms with van der Waals surface area (Å²) in [5, 5.41) is 20.6. The summed E-state index contributed by atoms with van der Waals surface area (Å²) in [7, 11) is 0. The second-order valence-corrected chi connectivity index (χ2v) is 37.7. The van der Waals surface area contributed by atoms with Gasteiger partial charge in [-0.15, -0.1) is 0 Å². The van der Waals surface area contributed by atoms with Gasteiger partial charge in [0.05, 0.1) is 28.4 Å². The van der Waals surface area contributed by atoms with Crippen LogP contribution in [-0.4, -0.2) is 138 Å². The first-order chi connectivity index (χ1) is 47.6. The molecule has 0 radical (unpaired) electrons. The quantitative estimate of drug-likeness (QED) is 0.0340. The molecule has 4 aromatic carbocycles. The molecule has 5 heterocycles. The first-order valence-corrected chi connectivity index (χ1v) is 37.8. The molecule has 0 aromatic heterocycles. The van der Waals surface area contributed by atoms with Crippen molar-refractivity contribution >= 4 is 91.3 Å². The van der Waals surface area contributed by atoms with Crippen LogP contribution < -0.4 is 50.8 Å². The van der Waals surface area contributed by atoms with Crippen LogP contribution in [0.15, 0.2) is 72.8 Å². The number of ether oxygens (including phenoxy) is 5. The van der Waals surface area contributed by atoms with Gasteiger partial charge in [-0.3, -0.25) is 19.2 Å². The van der Waals surface area contributed by atoms with Crippen molar-refractivity contribution < 1.29 is 98.1 Å². The summed E-state index contributed by atoms with van der Waals surface area (Å²) in [5.74, 6) is -2.44. The standard InChI is InChI=1S/C53H79N3O8.C16H6Cl4O4.C9H19NO.C4H8O.Na.H/c1-46(2)23-34(24-47(3,4)31-46)61-44(59)40-21-32(17-19-38(40)42(57)62-35-25-48(5,6)54-49(7,8)26-35)33-18-20-39(43(58)63-36-27-50(9,10)55-51(11,12)28-36)41(22-33)45(60)64-37-29-52(13,14)56-53(15,16)30-37;17-13(21)9-3-1-7(5-11(9)15(19)23)8-2-4-10(14(18)22)12(6-8)16(20)24;1-8(2)5-7(11)6-9(3,4)10-8;1-2-4-5-3-1;;/h17-22,34-37,54-56H,23-31H2,1-16H3;1-6H;7,10-11H,5-6H2,1-4H3;1-4H2;;/q;;;;+1;-1. The predicted molar refractivity (Wildman–Crippen MR) is 412 cm³/mol. The van der Waals surface area contributed by atoms with Crippen LogP contribution >= 0.6 is 46.4 Å². The number of piperidine rings is 4. The summed E-state index contributed by atoms with van der Waals surface area (Å²) in [5.41, 5.74) is 0.597. The largest absolute Gasteiger partial charge is 1.00 e. The van der Waals surface area contributed by atoms with E-state index < -0.39 is 51.0 Å². The average Bonchev–Trinajstić information content (AvgIpc) is 0.851. The van der Waals surface area contributed by atoms with Crippen molar-refractivity contribution in [2.45, 2.75) is 297 Å². The molecule has 10 rings (SSSR count). The van der Waals surface area contributed by atoms with Gasteiger partial charge in [-0.1, -0.05) is 52.0 Å². The average molecular weight is 1540 g/mol. The fourth-order valence-corrected chi connectivity index (χ4v) is 18.3. The second kappa shape index (κ2) is 34.7. The zero-order valence-electron chi connectivity index (χ0n) is 66.7. The Labute approximate surface area is 666 Å². The van der Waals surface area contributed by atoms with E-state index in [4.69, 9.17) is 70.1 Å². The van der Waals surface area contributed by atoms with Crippen LogP contribution in [0.1, 0.15) is 306 Å². The molecule has 574 valence electrons. The van der Waals surface area contributed by atoms with E-state index in [1.54, 1.807) is 36.4 Å². The number of nitrogens with one attached hydrogen (secondary N) is 4. The van der Waals surface area contributed by atoms with Crippen LogP contribution in [0.2, 0.25) is 0 Å². The molecule has 5 aliphatic heterocycles. The van der Waals surface area contributed by atoms with E-state index in [0.29, 0.717) is 73.6 Å². The number of rotatable bonds is 14. The van der Waals surface area contributed by atoms with E-state index in [1.807, 2.05) is 0 Å². The fourth-order valence-electron chi connectivity index (χ4n) is 17.7. The van der Waals surface area contributed by atoms with Gasteiger partial charge in [0.1, 0.15) is 24.4 Å². The molecular weight excluding hydrogens is 1430 g/mol. The molecule has 6 aliphatic rings. The van der Waals surface area contributed by atoms with Gasteiger partial charge in [0.2, 0.25) is 0 Å². The van der Waals surface area contributed by atoms with Crippen molar-refractivity contribution in [1.82, 2.24) is 21.3 Å². The Kier molecular flexibility index (Phi) is 29.5. The Morgan fingerprint density at radius 3 is 0.790 bits per heavy atom. The molecule has 1 aliphatic carbocycles. The summed E-state index contributed by atoms with van der Waals surface area (Å²) in [4.78, 5) is 103. The monoisotopic (exact) mass is 1540 g/mol. The Morgan fingerprint density at radius 2 is 0.562 bits per heavy atom. The van der Waals surface area contributed by atoms with Crippen molar-refractivity contribution in [1.29, 1.82) is 0 Å². The smallest absolute Gasteiger partial charge is 1.00 e. The predicted octanol–water partition coefficient (Wildman–Crippen LogP) is 14.6. The minimum absolute atomic E-state index is 0. The number of hydrogen-bond acceptors (Lipinski definition) is 18. The van der Waals surface area contributed by atoms with E-state index in [0.717, 1.165) is 32.5 Å². The second-order valence-electron chi connectivity index (χ2n) is 36.3. The Balaban J connectivity index is 0.000000387. The number of benzene rings is 4. The topological polar surface area (TPSA) is 251 Å². The number of halogens is 4.